The largest absolute Gasteiger partial charge is 0.507 e. The van der Waals surface area contributed by atoms with E-state index in [1.807, 2.05) is 6.07 Å². The lowest BCUT2D eigenvalue weighted by molar-refractivity contribution is -0.139. The summed E-state index contributed by atoms with van der Waals surface area (Å²) in [5.74, 6) is -1.43. The van der Waals surface area contributed by atoms with E-state index >= 15 is 0 Å². The third-order valence-corrected chi connectivity index (χ3v) is 4.58. The fraction of sp³-hybridized carbons (Fsp3) is 0.300. The zero-order valence-corrected chi connectivity index (χ0v) is 14.6. The summed E-state index contributed by atoms with van der Waals surface area (Å²) in [5, 5.41) is 39.8. The molecule has 0 heterocycles. The summed E-state index contributed by atoms with van der Waals surface area (Å²) in [6.45, 7) is 3.30. The molecule has 0 fully saturated rings. The number of nitrogens with zero attached hydrogens (tertiary/aromatic N) is 1. The van der Waals surface area contributed by atoms with Crippen LogP contribution in [0.2, 0.25) is 0 Å². The van der Waals surface area contributed by atoms with Gasteiger partial charge in [0, 0.05) is 11.1 Å². The van der Waals surface area contributed by atoms with Crippen LogP contribution in [0.1, 0.15) is 41.7 Å². The molecule has 4 N–H and O–H groups in total. The third kappa shape index (κ3) is 3.04. The van der Waals surface area contributed by atoms with Crippen LogP contribution in [0.4, 0.5) is 0 Å². The van der Waals surface area contributed by atoms with Gasteiger partial charge in [-0.15, -0.1) is 0 Å². The maximum atomic E-state index is 11.6. The van der Waals surface area contributed by atoms with Gasteiger partial charge >= 0.3 is 5.97 Å². The number of phenols is 2. The van der Waals surface area contributed by atoms with Crippen LogP contribution in [0.15, 0.2) is 35.3 Å². The predicted octanol–water partition coefficient (Wildman–Crippen LogP) is 2.44. The van der Waals surface area contributed by atoms with E-state index in [4.69, 9.17) is 0 Å². The summed E-state index contributed by atoms with van der Waals surface area (Å²) >= 11 is 0. The fourth-order valence-corrected chi connectivity index (χ4v) is 3.35. The van der Waals surface area contributed by atoms with Crippen molar-refractivity contribution in [2.24, 2.45) is 10.9 Å². The molecule has 6 nitrogen and oxygen atoms in total. The van der Waals surface area contributed by atoms with Gasteiger partial charge in [-0.05, 0) is 41.2 Å². The Morgan fingerprint density at radius 3 is 2.42 bits per heavy atom. The summed E-state index contributed by atoms with van der Waals surface area (Å²) in [4.78, 5) is 16.1. The van der Waals surface area contributed by atoms with E-state index < -0.39 is 12.0 Å². The number of carboxylic acids is 1. The first-order valence-corrected chi connectivity index (χ1v) is 8.41. The van der Waals surface area contributed by atoms with Gasteiger partial charge in [0.25, 0.3) is 0 Å². The van der Waals surface area contributed by atoms with Crippen molar-refractivity contribution in [1.82, 2.24) is 0 Å². The quantitative estimate of drug-likeness (QED) is 0.574. The Labute approximate surface area is 151 Å². The summed E-state index contributed by atoms with van der Waals surface area (Å²) in [6.07, 6.45) is 0.443. The third-order valence-electron chi connectivity index (χ3n) is 4.58. The first-order valence-electron chi connectivity index (χ1n) is 8.41. The highest BCUT2D eigenvalue weighted by atomic mass is 16.4. The molecule has 0 unspecified atom stereocenters. The lowest BCUT2D eigenvalue weighted by Crippen LogP contribution is -2.28. The molecule has 2 aromatic carbocycles. The standard InChI is InChI=1S/C20H21NO5/c1-10(2)18(20(25)26)21-19-16-12(4-3-5-14(16)23)8-13-6-11(9-22)7-15(24)17(13)19/h3-7,10,18,22-24H,8-9H2,1-2H3,(H,25,26)/t18-/m0/s1. The molecule has 136 valence electrons. The average Bonchev–Trinajstić information content (AvgIpc) is 2.57. The van der Waals surface area contributed by atoms with Crippen molar-refractivity contribution in [1.29, 1.82) is 0 Å². The van der Waals surface area contributed by atoms with Crippen molar-refractivity contribution in [3.63, 3.8) is 0 Å². The molecular weight excluding hydrogens is 334 g/mol. The molecule has 3 rings (SSSR count). The number of benzene rings is 2. The first kappa shape index (κ1) is 17.9. The molecule has 0 spiro atoms. The summed E-state index contributed by atoms with van der Waals surface area (Å²) < 4.78 is 0. The highest BCUT2D eigenvalue weighted by Gasteiger charge is 2.30. The number of aliphatic hydroxyl groups is 1. The topological polar surface area (TPSA) is 110 Å². The Morgan fingerprint density at radius 2 is 1.81 bits per heavy atom. The van der Waals surface area contributed by atoms with Gasteiger partial charge in [0.2, 0.25) is 0 Å². The number of hydrogen-bond donors (Lipinski definition) is 4. The second kappa shape index (κ2) is 6.80. The molecule has 1 aliphatic rings. The normalized spacial score (nSPS) is 15.6. The summed E-state index contributed by atoms with van der Waals surface area (Å²) in [7, 11) is 0. The number of fused-ring (bicyclic) bond motifs is 2. The van der Waals surface area contributed by atoms with E-state index in [-0.39, 0.29) is 29.7 Å². The van der Waals surface area contributed by atoms with E-state index in [1.165, 1.54) is 12.1 Å². The number of aliphatic carboxylic acids is 1. The van der Waals surface area contributed by atoms with Crippen LogP contribution in [-0.2, 0) is 17.8 Å². The maximum absolute atomic E-state index is 11.6. The average molecular weight is 355 g/mol. The van der Waals surface area contributed by atoms with Crippen LogP contribution in [-0.4, -0.2) is 38.1 Å². The number of carbonyl (C=O) groups is 1. The van der Waals surface area contributed by atoms with Crippen LogP contribution in [0, 0.1) is 5.92 Å². The monoisotopic (exact) mass is 355 g/mol. The molecule has 1 atom stereocenters. The minimum atomic E-state index is -1.07. The van der Waals surface area contributed by atoms with Crippen molar-refractivity contribution in [3.8, 4) is 11.5 Å². The van der Waals surface area contributed by atoms with Crippen LogP contribution < -0.4 is 0 Å². The minimum Gasteiger partial charge on any atom is -0.507 e. The van der Waals surface area contributed by atoms with E-state index in [0.717, 1.165) is 11.1 Å². The molecule has 0 bridgehead atoms. The zero-order valence-electron chi connectivity index (χ0n) is 14.6. The van der Waals surface area contributed by atoms with Crippen molar-refractivity contribution in [3.05, 3.63) is 58.1 Å². The summed E-state index contributed by atoms with van der Waals surface area (Å²) in [5.41, 5.74) is 3.20. The fourth-order valence-electron chi connectivity index (χ4n) is 3.35. The van der Waals surface area contributed by atoms with Gasteiger partial charge in [-0.1, -0.05) is 32.0 Å². The maximum Gasteiger partial charge on any atom is 0.328 e. The van der Waals surface area contributed by atoms with Gasteiger partial charge in [-0.3, -0.25) is 4.99 Å². The molecule has 0 aromatic heterocycles. The van der Waals surface area contributed by atoms with E-state index in [1.54, 1.807) is 26.0 Å². The molecule has 1 aliphatic carbocycles. The lowest BCUT2D eigenvalue weighted by atomic mass is 9.82. The number of aliphatic hydroxyl groups excluding tert-OH is 1. The Bertz CT molecular complexity index is 901. The molecule has 26 heavy (non-hydrogen) atoms. The van der Waals surface area contributed by atoms with Gasteiger partial charge in [0.15, 0.2) is 0 Å². The molecule has 0 saturated heterocycles. The van der Waals surface area contributed by atoms with Crippen LogP contribution in [0.25, 0.3) is 0 Å². The first-order chi connectivity index (χ1) is 12.3. The summed E-state index contributed by atoms with van der Waals surface area (Å²) in [6, 6.07) is 7.25. The van der Waals surface area contributed by atoms with Crippen molar-refractivity contribution in [2.45, 2.75) is 32.9 Å². The minimum absolute atomic E-state index is 0.00886. The molecule has 0 aliphatic heterocycles. The van der Waals surface area contributed by atoms with Gasteiger partial charge in [-0.25, -0.2) is 4.79 Å². The Balaban J connectivity index is 2.31. The highest BCUT2D eigenvalue weighted by Crippen LogP contribution is 2.38. The van der Waals surface area contributed by atoms with Gasteiger partial charge in [0.05, 0.1) is 12.3 Å². The van der Waals surface area contributed by atoms with Gasteiger partial charge < -0.3 is 20.4 Å². The molecule has 0 saturated carbocycles. The van der Waals surface area contributed by atoms with E-state index in [9.17, 15) is 25.2 Å². The van der Waals surface area contributed by atoms with Crippen LogP contribution in [0.3, 0.4) is 0 Å². The highest BCUT2D eigenvalue weighted by molar-refractivity contribution is 6.19. The Hall–Kier alpha value is -2.86. The Morgan fingerprint density at radius 1 is 1.12 bits per heavy atom. The Kier molecular flexibility index (Phi) is 4.70. The van der Waals surface area contributed by atoms with Crippen LogP contribution >= 0.6 is 0 Å². The lowest BCUT2D eigenvalue weighted by Gasteiger charge is -2.25. The van der Waals surface area contributed by atoms with E-state index in [0.29, 0.717) is 23.1 Å². The van der Waals surface area contributed by atoms with Crippen molar-refractivity contribution < 1.29 is 25.2 Å². The molecule has 0 radical (unpaired) electrons. The second-order valence-corrected chi connectivity index (χ2v) is 6.80. The smallest absolute Gasteiger partial charge is 0.328 e. The molecule has 0 amide bonds. The van der Waals surface area contributed by atoms with Crippen molar-refractivity contribution in [2.75, 3.05) is 0 Å². The molecule has 2 aromatic rings. The molecule has 6 heteroatoms. The second-order valence-electron chi connectivity index (χ2n) is 6.80. The number of hydrogen-bond acceptors (Lipinski definition) is 5. The number of aromatic hydroxyl groups is 2. The SMILES string of the molecule is CC(C)[C@H](N=C1c2c(O)cccc2Cc2cc(CO)cc(O)c21)C(=O)O. The van der Waals surface area contributed by atoms with E-state index in [2.05, 4.69) is 4.99 Å². The van der Waals surface area contributed by atoms with Gasteiger partial charge in [0.1, 0.15) is 17.5 Å². The molecular formula is C20H21NO5. The number of phenolic OH excluding ortho intramolecular Hbond substituents is 2. The number of rotatable bonds is 4. The number of aliphatic imine (C=N–C) groups is 1. The predicted molar refractivity (Wildman–Crippen MR) is 96.8 cm³/mol. The van der Waals surface area contributed by atoms with Crippen molar-refractivity contribution >= 4 is 11.7 Å². The van der Waals surface area contributed by atoms with Crippen LogP contribution in [0.5, 0.6) is 11.5 Å². The number of carboxylic acid groups (broad SMARTS) is 1. The van der Waals surface area contributed by atoms with Gasteiger partial charge in [-0.2, -0.15) is 0 Å². The zero-order chi connectivity index (χ0) is 19.0.